The Hall–Kier alpha value is -3.16. The molecule has 1 saturated heterocycles. The van der Waals surface area contributed by atoms with Crippen LogP contribution >= 0.6 is 0 Å². The number of aromatic nitrogens is 1. The molecular formula is C25H30N4O3. The van der Waals surface area contributed by atoms with Crippen LogP contribution in [0.2, 0.25) is 0 Å². The Balaban J connectivity index is 1.51. The van der Waals surface area contributed by atoms with E-state index in [1.54, 1.807) is 12.0 Å². The molecule has 0 saturated carbocycles. The van der Waals surface area contributed by atoms with Crippen molar-refractivity contribution in [1.82, 2.24) is 14.4 Å². The molecule has 3 aromatic rings. The van der Waals surface area contributed by atoms with Crippen LogP contribution in [0.4, 0.5) is 0 Å². The Bertz CT molecular complexity index is 1080. The van der Waals surface area contributed by atoms with E-state index in [-0.39, 0.29) is 5.91 Å². The summed E-state index contributed by atoms with van der Waals surface area (Å²) in [4.78, 5) is 29.7. The number of amides is 2. The average Bonchev–Trinajstić information content (AvgIpc) is 3.20. The van der Waals surface area contributed by atoms with Gasteiger partial charge in [-0.15, -0.1) is 0 Å². The lowest BCUT2D eigenvalue weighted by Gasteiger charge is -2.40. The van der Waals surface area contributed by atoms with Gasteiger partial charge in [0.05, 0.1) is 12.2 Å². The zero-order valence-electron chi connectivity index (χ0n) is 18.4. The van der Waals surface area contributed by atoms with Crippen molar-refractivity contribution in [1.29, 1.82) is 0 Å². The summed E-state index contributed by atoms with van der Waals surface area (Å²) in [5.74, 6) is -0.616. The predicted octanol–water partition coefficient (Wildman–Crippen LogP) is 2.14. The lowest BCUT2D eigenvalue weighted by atomic mass is 10.1. The molecule has 2 heterocycles. The molecule has 4 rings (SSSR count). The smallest absolute Gasteiger partial charge is 0.256 e. The van der Waals surface area contributed by atoms with Crippen molar-refractivity contribution in [2.75, 3.05) is 39.9 Å². The molecule has 32 heavy (non-hydrogen) atoms. The number of carbonyl (C=O) groups is 2. The average molecular weight is 435 g/mol. The van der Waals surface area contributed by atoms with E-state index in [1.807, 2.05) is 53.2 Å². The van der Waals surface area contributed by atoms with Crippen LogP contribution in [0.3, 0.4) is 0 Å². The fourth-order valence-electron chi connectivity index (χ4n) is 4.41. The summed E-state index contributed by atoms with van der Waals surface area (Å²) in [6.07, 6.45) is 2.76. The Morgan fingerprint density at radius 3 is 2.53 bits per heavy atom. The Morgan fingerprint density at radius 2 is 1.78 bits per heavy atom. The van der Waals surface area contributed by atoms with Crippen LogP contribution in [0.1, 0.15) is 15.9 Å². The van der Waals surface area contributed by atoms with Crippen LogP contribution in [0.25, 0.3) is 10.9 Å². The number of primary amides is 1. The normalized spacial score (nSPS) is 17.0. The van der Waals surface area contributed by atoms with Crippen LogP contribution in [0.5, 0.6) is 0 Å². The van der Waals surface area contributed by atoms with Gasteiger partial charge in [-0.05, 0) is 18.1 Å². The predicted molar refractivity (Wildman–Crippen MR) is 124 cm³/mol. The quantitative estimate of drug-likeness (QED) is 0.589. The van der Waals surface area contributed by atoms with Crippen LogP contribution in [0.15, 0.2) is 60.8 Å². The number of rotatable bonds is 8. The first-order valence-electron chi connectivity index (χ1n) is 11.0. The minimum atomic E-state index is -0.645. The molecule has 1 fully saturated rings. The van der Waals surface area contributed by atoms with E-state index in [0.717, 1.165) is 23.9 Å². The van der Waals surface area contributed by atoms with Crippen molar-refractivity contribution in [3.63, 3.8) is 0 Å². The van der Waals surface area contributed by atoms with Gasteiger partial charge in [-0.2, -0.15) is 0 Å². The number of nitrogens with two attached hydrogens (primary N) is 1. The van der Waals surface area contributed by atoms with Crippen molar-refractivity contribution >= 4 is 22.7 Å². The van der Waals surface area contributed by atoms with E-state index in [4.69, 9.17) is 10.5 Å². The lowest BCUT2D eigenvalue weighted by Crippen LogP contribution is -2.60. The fourth-order valence-corrected chi connectivity index (χ4v) is 4.41. The van der Waals surface area contributed by atoms with E-state index in [9.17, 15) is 9.59 Å². The minimum absolute atomic E-state index is 0.149. The number of hydrogen-bond acceptors (Lipinski definition) is 4. The summed E-state index contributed by atoms with van der Waals surface area (Å²) in [5, 5.41) is 0.878. The number of methoxy groups -OCH3 is 1. The van der Waals surface area contributed by atoms with Crippen LogP contribution in [0, 0.1) is 0 Å². The van der Waals surface area contributed by atoms with Gasteiger partial charge >= 0.3 is 0 Å². The molecule has 2 N–H and O–H groups in total. The lowest BCUT2D eigenvalue weighted by molar-refractivity contribution is -0.124. The number of para-hydroxylation sites is 1. The van der Waals surface area contributed by atoms with Gasteiger partial charge in [-0.1, -0.05) is 48.5 Å². The van der Waals surface area contributed by atoms with E-state index >= 15 is 0 Å². The number of hydrogen-bond donors (Lipinski definition) is 1. The van der Waals surface area contributed by atoms with Crippen molar-refractivity contribution in [2.24, 2.45) is 5.73 Å². The van der Waals surface area contributed by atoms with Gasteiger partial charge in [0.2, 0.25) is 5.91 Å². The highest BCUT2D eigenvalue weighted by atomic mass is 16.5. The highest BCUT2D eigenvalue weighted by molar-refractivity contribution is 6.08. The SMILES string of the molecule is COCCn1cc(C(=O)N2CCN(CCc3ccccc3)C[C@@H]2C(N)=O)c2ccccc21. The molecule has 7 nitrogen and oxygen atoms in total. The summed E-state index contributed by atoms with van der Waals surface area (Å²) in [5.41, 5.74) is 8.58. The second-order valence-electron chi connectivity index (χ2n) is 8.20. The van der Waals surface area contributed by atoms with Crippen molar-refractivity contribution in [3.05, 3.63) is 71.9 Å². The third-order valence-corrected chi connectivity index (χ3v) is 6.17. The second kappa shape index (κ2) is 9.97. The highest BCUT2D eigenvalue weighted by Crippen LogP contribution is 2.24. The third-order valence-electron chi connectivity index (χ3n) is 6.17. The van der Waals surface area contributed by atoms with E-state index in [2.05, 4.69) is 17.0 Å². The molecule has 7 heteroatoms. The Kier molecular flexibility index (Phi) is 6.87. The molecule has 0 spiro atoms. The first-order valence-corrected chi connectivity index (χ1v) is 11.0. The number of benzene rings is 2. The molecule has 0 radical (unpaired) electrons. The van der Waals surface area contributed by atoms with Gasteiger partial charge in [0.15, 0.2) is 0 Å². The zero-order valence-corrected chi connectivity index (χ0v) is 18.4. The number of piperazine rings is 1. The maximum absolute atomic E-state index is 13.6. The first-order chi connectivity index (χ1) is 15.6. The monoisotopic (exact) mass is 434 g/mol. The molecule has 1 atom stereocenters. The summed E-state index contributed by atoms with van der Waals surface area (Å²) in [6.45, 7) is 3.67. The zero-order chi connectivity index (χ0) is 22.5. The van der Waals surface area contributed by atoms with Gasteiger partial charge in [-0.25, -0.2) is 0 Å². The van der Waals surface area contributed by atoms with Gasteiger partial charge in [0.25, 0.3) is 5.91 Å². The van der Waals surface area contributed by atoms with Crippen LogP contribution in [-0.4, -0.2) is 72.1 Å². The minimum Gasteiger partial charge on any atom is -0.383 e. The Labute approximate surface area is 188 Å². The van der Waals surface area contributed by atoms with Crippen LogP contribution < -0.4 is 5.73 Å². The van der Waals surface area contributed by atoms with Gasteiger partial charge in [0, 0.05) is 56.9 Å². The first kappa shape index (κ1) is 22.0. The molecule has 1 aliphatic heterocycles. The number of nitrogens with zero attached hydrogens (tertiary/aromatic N) is 3. The topological polar surface area (TPSA) is 80.8 Å². The van der Waals surface area contributed by atoms with Gasteiger partial charge in [-0.3, -0.25) is 14.5 Å². The highest BCUT2D eigenvalue weighted by Gasteiger charge is 2.35. The van der Waals surface area contributed by atoms with Gasteiger partial charge in [0.1, 0.15) is 6.04 Å². The molecule has 1 aliphatic rings. The Morgan fingerprint density at radius 1 is 1.03 bits per heavy atom. The molecule has 168 valence electrons. The number of carbonyl (C=O) groups excluding carboxylic acids is 2. The summed E-state index contributed by atoms with van der Waals surface area (Å²) in [6, 6.07) is 17.4. The number of ether oxygens (including phenoxy) is 1. The molecule has 0 aliphatic carbocycles. The van der Waals surface area contributed by atoms with E-state index < -0.39 is 11.9 Å². The second-order valence-corrected chi connectivity index (χ2v) is 8.20. The van der Waals surface area contributed by atoms with Crippen molar-refractivity contribution < 1.29 is 14.3 Å². The third kappa shape index (κ3) is 4.69. The maximum atomic E-state index is 13.6. The van der Waals surface area contributed by atoms with Crippen molar-refractivity contribution in [3.8, 4) is 0 Å². The maximum Gasteiger partial charge on any atom is 0.256 e. The summed E-state index contributed by atoms with van der Waals surface area (Å²) < 4.78 is 7.24. The largest absolute Gasteiger partial charge is 0.383 e. The molecule has 0 bridgehead atoms. The standard InChI is InChI=1S/C25H30N4O3/c1-32-16-15-28-17-21(20-9-5-6-10-22(20)28)25(31)29-14-13-27(18-23(29)24(26)30)12-11-19-7-3-2-4-8-19/h2-10,17,23H,11-16,18H2,1H3,(H2,26,30)/t23-/m1/s1. The van der Waals surface area contributed by atoms with Crippen molar-refractivity contribution in [2.45, 2.75) is 19.0 Å². The summed E-state index contributed by atoms with van der Waals surface area (Å²) in [7, 11) is 1.66. The van der Waals surface area contributed by atoms with E-state index in [0.29, 0.717) is 38.3 Å². The molecule has 2 amide bonds. The van der Waals surface area contributed by atoms with E-state index in [1.165, 1.54) is 5.56 Å². The molecule has 1 aromatic heterocycles. The summed E-state index contributed by atoms with van der Waals surface area (Å²) >= 11 is 0. The fraction of sp³-hybridized carbons (Fsp3) is 0.360. The van der Waals surface area contributed by atoms with Gasteiger partial charge < -0.3 is 19.9 Å². The molecule has 2 aromatic carbocycles. The molecular weight excluding hydrogens is 404 g/mol. The van der Waals surface area contributed by atoms with Crippen LogP contribution in [-0.2, 0) is 22.5 Å². The molecule has 0 unspecified atom stereocenters. The number of fused-ring (bicyclic) bond motifs is 1.